The van der Waals surface area contributed by atoms with Crippen molar-refractivity contribution in [2.24, 2.45) is 5.92 Å². The molecule has 0 aromatic carbocycles. The van der Waals surface area contributed by atoms with Gasteiger partial charge in [-0.3, -0.25) is 0 Å². The Labute approximate surface area is 56.7 Å². The lowest BCUT2D eigenvalue weighted by molar-refractivity contribution is 0.0574. The van der Waals surface area contributed by atoms with Gasteiger partial charge in [-0.2, -0.15) is 0 Å². The van der Waals surface area contributed by atoms with Gasteiger partial charge in [-0.25, -0.2) is 0 Å². The monoisotopic (exact) mass is 126 g/mol. The molecule has 1 heteroatoms. The molecule has 1 aliphatic heterocycles. The molecule has 0 aliphatic carbocycles. The van der Waals surface area contributed by atoms with E-state index in [0.29, 0.717) is 12.0 Å². The fraction of sp³-hybridized carbons (Fsp3) is 0.750. The molecule has 1 aliphatic rings. The summed E-state index contributed by atoms with van der Waals surface area (Å²) in [5, 5.41) is 0. The van der Waals surface area contributed by atoms with Crippen LogP contribution in [0.3, 0.4) is 0 Å². The Balaban J connectivity index is 2.38. The van der Waals surface area contributed by atoms with Crippen molar-refractivity contribution in [2.75, 3.05) is 6.61 Å². The third-order valence-corrected chi connectivity index (χ3v) is 1.63. The van der Waals surface area contributed by atoms with Crippen LogP contribution in [0, 0.1) is 5.92 Å². The van der Waals surface area contributed by atoms with E-state index in [1.54, 1.807) is 0 Å². The molecule has 0 radical (unpaired) electrons. The zero-order valence-corrected chi connectivity index (χ0v) is 6.13. The standard InChI is InChI=1S/C8H14O/c1-3-8-5-4-7(2)6-9-8/h4-5,7-8H,3,6H2,1-2H3. The molecule has 0 saturated heterocycles. The Kier molecular flexibility index (Phi) is 2.29. The highest BCUT2D eigenvalue weighted by molar-refractivity contribution is 4.95. The first kappa shape index (κ1) is 6.81. The molecule has 2 atom stereocenters. The van der Waals surface area contributed by atoms with Crippen molar-refractivity contribution in [3.8, 4) is 0 Å². The lowest BCUT2D eigenvalue weighted by Crippen LogP contribution is -2.18. The van der Waals surface area contributed by atoms with Crippen LogP contribution in [0.2, 0.25) is 0 Å². The predicted octanol–water partition coefficient (Wildman–Crippen LogP) is 1.99. The van der Waals surface area contributed by atoms with E-state index >= 15 is 0 Å². The number of hydrogen-bond donors (Lipinski definition) is 0. The normalized spacial score (nSPS) is 34.9. The SMILES string of the molecule is CCC1C=CC(C)CO1. The van der Waals surface area contributed by atoms with Crippen molar-refractivity contribution in [3.05, 3.63) is 12.2 Å². The Bertz CT molecular complexity index is 107. The number of rotatable bonds is 1. The van der Waals surface area contributed by atoms with Gasteiger partial charge in [0.15, 0.2) is 0 Å². The van der Waals surface area contributed by atoms with E-state index in [-0.39, 0.29) is 0 Å². The maximum Gasteiger partial charge on any atom is 0.0753 e. The first-order chi connectivity index (χ1) is 4.33. The Hall–Kier alpha value is -0.300. The lowest BCUT2D eigenvalue weighted by atomic mass is 10.1. The van der Waals surface area contributed by atoms with E-state index < -0.39 is 0 Å². The van der Waals surface area contributed by atoms with Gasteiger partial charge in [0.25, 0.3) is 0 Å². The van der Waals surface area contributed by atoms with Crippen molar-refractivity contribution in [1.82, 2.24) is 0 Å². The second-order valence-corrected chi connectivity index (χ2v) is 2.64. The Morgan fingerprint density at radius 2 is 2.33 bits per heavy atom. The summed E-state index contributed by atoms with van der Waals surface area (Å²) >= 11 is 0. The van der Waals surface area contributed by atoms with Gasteiger partial charge in [-0.15, -0.1) is 0 Å². The molecule has 0 N–H and O–H groups in total. The molecule has 9 heavy (non-hydrogen) atoms. The molecule has 0 saturated carbocycles. The maximum atomic E-state index is 5.45. The van der Waals surface area contributed by atoms with E-state index in [1.165, 1.54) is 0 Å². The van der Waals surface area contributed by atoms with Crippen molar-refractivity contribution in [1.29, 1.82) is 0 Å². The average Bonchev–Trinajstić information content (AvgIpc) is 1.90. The van der Waals surface area contributed by atoms with E-state index in [4.69, 9.17) is 4.74 Å². The third kappa shape index (κ3) is 1.83. The van der Waals surface area contributed by atoms with Crippen LogP contribution >= 0.6 is 0 Å². The summed E-state index contributed by atoms with van der Waals surface area (Å²) < 4.78 is 5.45. The minimum absolute atomic E-state index is 0.390. The van der Waals surface area contributed by atoms with E-state index in [0.717, 1.165) is 13.0 Å². The van der Waals surface area contributed by atoms with Crippen LogP contribution in [-0.4, -0.2) is 12.7 Å². The van der Waals surface area contributed by atoms with Crippen LogP contribution in [0.4, 0.5) is 0 Å². The minimum atomic E-state index is 0.390. The Morgan fingerprint density at radius 3 is 2.78 bits per heavy atom. The summed E-state index contributed by atoms with van der Waals surface area (Å²) in [5.41, 5.74) is 0. The summed E-state index contributed by atoms with van der Waals surface area (Å²) in [7, 11) is 0. The molecule has 1 nitrogen and oxygen atoms in total. The third-order valence-electron chi connectivity index (χ3n) is 1.63. The average molecular weight is 126 g/mol. The second-order valence-electron chi connectivity index (χ2n) is 2.64. The van der Waals surface area contributed by atoms with Crippen molar-refractivity contribution >= 4 is 0 Å². The molecule has 0 aromatic rings. The van der Waals surface area contributed by atoms with Crippen LogP contribution in [0.1, 0.15) is 20.3 Å². The maximum absolute atomic E-state index is 5.45. The smallest absolute Gasteiger partial charge is 0.0753 e. The second kappa shape index (κ2) is 3.02. The number of hydrogen-bond acceptors (Lipinski definition) is 1. The summed E-state index contributed by atoms with van der Waals surface area (Å²) in [6, 6.07) is 0. The number of ether oxygens (including phenoxy) is 1. The highest BCUT2D eigenvalue weighted by Crippen LogP contribution is 2.11. The van der Waals surface area contributed by atoms with E-state index in [1.807, 2.05) is 0 Å². The molecule has 2 unspecified atom stereocenters. The summed E-state index contributed by atoms with van der Waals surface area (Å²) in [6.07, 6.45) is 5.89. The van der Waals surface area contributed by atoms with Crippen molar-refractivity contribution in [2.45, 2.75) is 26.4 Å². The summed E-state index contributed by atoms with van der Waals surface area (Å²) in [6.45, 7) is 5.21. The molecule has 0 bridgehead atoms. The van der Waals surface area contributed by atoms with Gasteiger partial charge < -0.3 is 4.74 Å². The zero-order valence-electron chi connectivity index (χ0n) is 6.13. The van der Waals surface area contributed by atoms with Gasteiger partial charge in [-0.1, -0.05) is 26.0 Å². The molecule has 52 valence electrons. The predicted molar refractivity (Wildman–Crippen MR) is 38.3 cm³/mol. The quantitative estimate of drug-likeness (QED) is 0.488. The molecule has 1 heterocycles. The van der Waals surface area contributed by atoms with Crippen molar-refractivity contribution in [3.63, 3.8) is 0 Å². The minimum Gasteiger partial charge on any atom is -0.374 e. The van der Waals surface area contributed by atoms with Crippen molar-refractivity contribution < 1.29 is 4.74 Å². The van der Waals surface area contributed by atoms with E-state index in [2.05, 4.69) is 26.0 Å². The zero-order chi connectivity index (χ0) is 6.69. The largest absolute Gasteiger partial charge is 0.374 e. The van der Waals surface area contributed by atoms with Crippen LogP contribution in [-0.2, 0) is 4.74 Å². The summed E-state index contributed by atoms with van der Waals surface area (Å²) in [4.78, 5) is 0. The molecule has 1 rings (SSSR count). The Morgan fingerprint density at radius 1 is 1.56 bits per heavy atom. The van der Waals surface area contributed by atoms with Gasteiger partial charge in [-0.05, 0) is 12.3 Å². The van der Waals surface area contributed by atoms with Gasteiger partial charge >= 0.3 is 0 Å². The van der Waals surface area contributed by atoms with Gasteiger partial charge in [0.05, 0.1) is 12.7 Å². The lowest BCUT2D eigenvalue weighted by Gasteiger charge is -2.19. The molecule has 0 amide bonds. The van der Waals surface area contributed by atoms with Crippen LogP contribution < -0.4 is 0 Å². The van der Waals surface area contributed by atoms with E-state index in [9.17, 15) is 0 Å². The highest BCUT2D eigenvalue weighted by Gasteiger charge is 2.09. The first-order valence-corrected chi connectivity index (χ1v) is 3.63. The fourth-order valence-electron chi connectivity index (χ4n) is 0.954. The van der Waals surface area contributed by atoms with Crippen LogP contribution in [0.25, 0.3) is 0 Å². The fourth-order valence-corrected chi connectivity index (χ4v) is 0.954. The topological polar surface area (TPSA) is 9.23 Å². The van der Waals surface area contributed by atoms with Gasteiger partial charge in [0.1, 0.15) is 0 Å². The van der Waals surface area contributed by atoms with Gasteiger partial charge in [0.2, 0.25) is 0 Å². The van der Waals surface area contributed by atoms with Gasteiger partial charge in [0, 0.05) is 0 Å². The molecule has 0 spiro atoms. The molecular weight excluding hydrogens is 112 g/mol. The van der Waals surface area contributed by atoms with Crippen LogP contribution in [0.15, 0.2) is 12.2 Å². The molecule has 0 aromatic heterocycles. The highest BCUT2D eigenvalue weighted by atomic mass is 16.5. The first-order valence-electron chi connectivity index (χ1n) is 3.63. The summed E-state index contributed by atoms with van der Waals surface area (Å²) in [5.74, 6) is 0.618. The molecule has 0 fully saturated rings. The van der Waals surface area contributed by atoms with Crippen LogP contribution in [0.5, 0.6) is 0 Å². The molecular formula is C8H14O.